The Morgan fingerprint density at radius 1 is 1.14 bits per heavy atom. The SMILES string of the molecule is CC(=O)/C(=C(/O)C1(C)CCCCC1)c1cc(Cl)c(-c2cccc(N)c2)cc1C. The Morgan fingerprint density at radius 2 is 1.82 bits per heavy atom. The molecule has 3 N–H and O–H groups in total. The number of benzene rings is 2. The van der Waals surface area contributed by atoms with Gasteiger partial charge < -0.3 is 10.8 Å². The molecule has 148 valence electrons. The molecular formula is C24H28ClNO2. The molecule has 3 rings (SSSR count). The Hall–Kier alpha value is -2.26. The largest absolute Gasteiger partial charge is 0.511 e. The second kappa shape index (κ2) is 8.00. The Kier molecular flexibility index (Phi) is 5.85. The van der Waals surface area contributed by atoms with Gasteiger partial charge in [0.25, 0.3) is 0 Å². The molecular weight excluding hydrogens is 370 g/mol. The summed E-state index contributed by atoms with van der Waals surface area (Å²) < 4.78 is 0. The van der Waals surface area contributed by atoms with E-state index in [4.69, 9.17) is 17.3 Å². The van der Waals surface area contributed by atoms with Crippen LogP contribution in [0.4, 0.5) is 5.69 Å². The summed E-state index contributed by atoms with van der Waals surface area (Å²) in [5.41, 5.74) is 10.0. The molecule has 0 bridgehead atoms. The number of aryl methyl sites for hydroxylation is 1. The Labute approximate surface area is 172 Å². The first-order chi connectivity index (χ1) is 13.2. The highest BCUT2D eigenvalue weighted by Crippen LogP contribution is 2.45. The highest BCUT2D eigenvalue weighted by molar-refractivity contribution is 6.34. The van der Waals surface area contributed by atoms with Crippen molar-refractivity contribution in [3.05, 3.63) is 58.3 Å². The first-order valence-electron chi connectivity index (χ1n) is 9.84. The fourth-order valence-corrected chi connectivity index (χ4v) is 4.51. The van der Waals surface area contributed by atoms with Gasteiger partial charge in [-0.25, -0.2) is 0 Å². The molecule has 0 aliphatic heterocycles. The van der Waals surface area contributed by atoms with E-state index in [1.807, 2.05) is 37.3 Å². The number of carbonyl (C=O) groups excluding carboxylic acids is 1. The Bertz CT molecular complexity index is 940. The first-order valence-corrected chi connectivity index (χ1v) is 10.2. The van der Waals surface area contributed by atoms with Crippen molar-refractivity contribution >= 4 is 28.6 Å². The zero-order chi connectivity index (χ0) is 20.5. The van der Waals surface area contributed by atoms with Crippen LogP contribution in [0.25, 0.3) is 16.7 Å². The fraction of sp³-hybridized carbons (Fsp3) is 0.375. The Morgan fingerprint density at radius 3 is 2.43 bits per heavy atom. The molecule has 0 radical (unpaired) electrons. The van der Waals surface area contributed by atoms with Crippen molar-refractivity contribution in [2.24, 2.45) is 5.41 Å². The van der Waals surface area contributed by atoms with E-state index in [2.05, 4.69) is 6.92 Å². The standard InChI is InChI=1S/C24H28ClNO2/c1-15-12-20(17-8-7-9-18(26)13-17)21(25)14-19(15)22(16(2)27)23(28)24(3)10-5-4-6-11-24/h7-9,12-14,28H,4-6,10-11,26H2,1-3H3/b23-22-. The van der Waals surface area contributed by atoms with Crippen molar-refractivity contribution in [2.75, 3.05) is 5.73 Å². The van der Waals surface area contributed by atoms with Crippen LogP contribution < -0.4 is 5.73 Å². The smallest absolute Gasteiger partial charge is 0.163 e. The zero-order valence-corrected chi connectivity index (χ0v) is 17.6. The second-order valence-corrected chi connectivity index (χ2v) is 8.58. The average Bonchev–Trinajstić information content (AvgIpc) is 2.64. The second-order valence-electron chi connectivity index (χ2n) is 8.17. The predicted molar refractivity (Wildman–Crippen MR) is 117 cm³/mol. The number of aliphatic hydroxyl groups is 1. The fourth-order valence-electron chi connectivity index (χ4n) is 4.23. The highest BCUT2D eigenvalue weighted by atomic mass is 35.5. The lowest BCUT2D eigenvalue weighted by molar-refractivity contribution is -0.112. The quantitative estimate of drug-likeness (QED) is 0.341. The van der Waals surface area contributed by atoms with E-state index in [9.17, 15) is 9.90 Å². The molecule has 1 aliphatic carbocycles. The average molecular weight is 398 g/mol. The van der Waals surface area contributed by atoms with E-state index >= 15 is 0 Å². The molecule has 4 heteroatoms. The van der Waals surface area contributed by atoms with E-state index in [0.29, 0.717) is 21.8 Å². The van der Waals surface area contributed by atoms with Gasteiger partial charge in [0.15, 0.2) is 5.78 Å². The topological polar surface area (TPSA) is 63.3 Å². The van der Waals surface area contributed by atoms with Gasteiger partial charge in [0.1, 0.15) is 5.76 Å². The monoisotopic (exact) mass is 397 g/mol. The lowest BCUT2D eigenvalue weighted by atomic mass is 9.72. The molecule has 0 atom stereocenters. The lowest BCUT2D eigenvalue weighted by Crippen LogP contribution is -2.25. The summed E-state index contributed by atoms with van der Waals surface area (Å²) in [4.78, 5) is 12.6. The van der Waals surface area contributed by atoms with E-state index in [-0.39, 0.29) is 17.0 Å². The van der Waals surface area contributed by atoms with Crippen molar-refractivity contribution in [2.45, 2.75) is 52.9 Å². The number of rotatable bonds is 4. The van der Waals surface area contributed by atoms with E-state index < -0.39 is 0 Å². The molecule has 1 saturated carbocycles. The van der Waals surface area contributed by atoms with Gasteiger partial charge in [-0.1, -0.05) is 49.9 Å². The molecule has 28 heavy (non-hydrogen) atoms. The van der Waals surface area contributed by atoms with E-state index in [1.165, 1.54) is 13.3 Å². The number of nitrogen functional groups attached to an aromatic ring is 1. The van der Waals surface area contributed by atoms with Crippen molar-refractivity contribution in [3.63, 3.8) is 0 Å². The van der Waals surface area contributed by atoms with Crippen molar-refractivity contribution in [1.29, 1.82) is 0 Å². The summed E-state index contributed by atoms with van der Waals surface area (Å²) in [6.07, 6.45) is 5.10. The van der Waals surface area contributed by atoms with Crippen LogP contribution in [0.3, 0.4) is 0 Å². The number of ketones is 1. The van der Waals surface area contributed by atoms with Crippen LogP contribution >= 0.6 is 11.6 Å². The maximum Gasteiger partial charge on any atom is 0.163 e. The van der Waals surface area contributed by atoms with Crippen LogP contribution in [0.5, 0.6) is 0 Å². The maximum atomic E-state index is 12.6. The summed E-state index contributed by atoms with van der Waals surface area (Å²) in [5.74, 6) is 0.0655. The minimum atomic E-state index is -0.356. The van der Waals surface area contributed by atoms with Crippen LogP contribution in [0.2, 0.25) is 5.02 Å². The van der Waals surface area contributed by atoms with Gasteiger partial charge in [0.2, 0.25) is 0 Å². The van der Waals surface area contributed by atoms with Crippen LogP contribution in [0.1, 0.15) is 57.1 Å². The van der Waals surface area contributed by atoms with E-state index in [0.717, 1.165) is 42.4 Å². The number of Topliss-reactive ketones (excluding diaryl/α,β-unsaturated/α-hetero) is 1. The summed E-state index contributed by atoms with van der Waals surface area (Å²) >= 11 is 6.61. The van der Waals surface area contributed by atoms with Gasteiger partial charge in [-0.15, -0.1) is 0 Å². The van der Waals surface area contributed by atoms with Gasteiger partial charge in [0.05, 0.1) is 5.57 Å². The van der Waals surface area contributed by atoms with Crippen molar-refractivity contribution in [1.82, 2.24) is 0 Å². The molecule has 0 spiro atoms. The van der Waals surface area contributed by atoms with Crippen LogP contribution in [0, 0.1) is 12.3 Å². The Balaban J connectivity index is 2.14. The van der Waals surface area contributed by atoms with Crippen LogP contribution in [-0.2, 0) is 4.79 Å². The number of nitrogens with two attached hydrogens (primary N) is 1. The number of allylic oxidation sites excluding steroid dienone is 2. The lowest BCUT2D eigenvalue weighted by Gasteiger charge is -2.34. The minimum absolute atomic E-state index is 0.139. The molecule has 0 heterocycles. The minimum Gasteiger partial charge on any atom is -0.511 e. The molecule has 2 aromatic carbocycles. The van der Waals surface area contributed by atoms with Crippen molar-refractivity contribution < 1.29 is 9.90 Å². The number of hydrogen-bond acceptors (Lipinski definition) is 3. The maximum absolute atomic E-state index is 12.6. The first kappa shape index (κ1) is 20.5. The van der Waals surface area contributed by atoms with Crippen LogP contribution in [0.15, 0.2) is 42.2 Å². The summed E-state index contributed by atoms with van der Waals surface area (Å²) in [5, 5.41) is 11.7. The van der Waals surface area contributed by atoms with Gasteiger partial charge in [-0.05, 0) is 67.6 Å². The van der Waals surface area contributed by atoms with Gasteiger partial charge >= 0.3 is 0 Å². The van der Waals surface area contributed by atoms with Gasteiger partial charge in [-0.2, -0.15) is 0 Å². The van der Waals surface area contributed by atoms with E-state index in [1.54, 1.807) is 6.07 Å². The molecule has 1 fully saturated rings. The normalized spacial score (nSPS) is 17.1. The van der Waals surface area contributed by atoms with Gasteiger partial charge in [-0.3, -0.25) is 4.79 Å². The third-order valence-corrected chi connectivity index (χ3v) is 6.21. The number of aliphatic hydroxyl groups excluding tert-OH is 1. The summed E-state index contributed by atoms with van der Waals surface area (Å²) in [6, 6.07) is 11.3. The van der Waals surface area contributed by atoms with Gasteiger partial charge in [0, 0.05) is 21.7 Å². The molecule has 0 saturated heterocycles. The zero-order valence-electron chi connectivity index (χ0n) is 16.8. The number of halogens is 1. The molecule has 0 aromatic heterocycles. The number of anilines is 1. The third-order valence-electron chi connectivity index (χ3n) is 5.90. The van der Waals surface area contributed by atoms with Crippen LogP contribution in [-0.4, -0.2) is 10.9 Å². The number of carbonyl (C=O) groups is 1. The summed E-state index contributed by atoms with van der Waals surface area (Å²) in [7, 11) is 0. The molecule has 0 unspecified atom stereocenters. The number of hydrogen-bond donors (Lipinski definition) is 2. The molecule has 1 aliphatic rings. The molecule has 0 amide bonds. The highest BCUT2D eigenvalue weighted by Gasteiger charge is 2.35. The molecule has 2 aromatic rings. The third kappa shape index (κ3) is 3.95. The van der Waals surface area contributed by atoms with Crippen molar-refractivity contribution in [3.8, 4) is 11.1 Å². The predicted octanol–water partition coefficient (Wildman–Crippen LogP) is 6.73. The summed E-state index contributed by atoms with van der Waals surface area (Å²) in [6.45, 7) is 5.51. The molecule has 3 nitrogen and oxygen atoms in total.